The number of allylic oxidation sites excluding steroid dienone is 4. The molecule has 4 aliphatic rings. The summed E-state index contributed by atoms with van der Waals surface area (Å²) in [5.74, 6) is -4.07. The third-order valence-corrected chi connectivity index (χ3v) is 12.5. The Bertz CT molecular complexity index is 2270. The van der Waals surface area contributed by atoms with Crippen LogP contribution in [0.15, 0.2) is 132 Å². The van der Waals surface area contributed by atoms with Crippen LogP contribution in [-0.2, 0) is 31.1 Å². The molecule has 3 aliphatic carbocycles. The molecule has 5 aromatic rings. The van der Waals surface area contributed by atoms with Crippen molar-refractivity contribution < 1.29 is 24.3 Å². The number of nitrogens with zero attached hydrogens (tertiary/aromatic N) is 1. The molecule has 0 spiro atoms. The molecule has 1 N–H and O–H groups in total. The Hall–Kier alpha value is -5.40. The summed E-state index contributed by atoms with van der Waals surface area (Å²) >= 11 is 1.51. The molecule has 246 valence electrons. The molecule has 7 heteroatoms. The molecular formula is C43H33NO5S. The fraction of sp³-hybridized carbons (Fsp3) is 0.209. The second-order valence-corrected chi connectivity index (χ2v) is 14.9. The summed E-state index contributed by atoms with van der Waals surface area (Å²) in [4.78, 5) is 61.0. The van der Waals surface area contributed by atoms with Gasteiger partial charge in [0.2, 0.25) is 11.8 Å². The number of amides is 2. The van der Waals surface area contributed by atoms with E-state index in [4.69, 9.17) is 0 Å². The van der Waals surface area contributed by atoms with E-state index in [9.17, 15) is 14.7 Å². The highest BCUT2D eigenvalue weighted by atomic mass is 32.1. The number of carbonyl (C=O) groups is 4. The lowest BCUT2D eigenvalue weighted by Crippen LogP contribution is -2.58. The van der Waals surface area contributed by atoms with Crippen molar-refractivity contribution in [1.82, 2.24) is 4.90 Å². The van der Waals surface area contributed by atoms with Crippen LogP contribution in [0.4, 0.5) is 0 Å². The van der Waals surface area contributed by atoms with Crippen LogP contribution in [0, 0.1) is 23.7 Å². The molecular weight excluding hydrogens is 643 g/mol. The van der Waals surface area contributed by atoms with Gasteiger partial charge in [0.15, 0.2) is 11.6 Å². The van der Waals surface area contributed by atoms with Gasteiger partial charge in [0.1, 0.15) is 5.75 Å². The number of carbonyl (C=O) groups excluding carboxylic acids is 4. The zero-order valence-electron chi connectivity index (χ0n) is 27.1. The van der Waals surface area contributed by atoms with E-state index >= 15 is 9.59 Å². The highest BCUT2D eigenvalue weighted by molar-refractivity contribution is 7.09. The van der Waals surface area contributed by atoms with Crippen LogP contribution in [0.2, 0.25) is 0 Å². The van der Waals surface area contributed by atoms with Crippen molar-refractivity contribution in [3.63, 3.8) is 0 Å². The number of likely N-dealkylation sites (tertiary alicyclic amines) is 1. The number of hydrogen-bond acceptors (Lipinski definition) is 6. The Balaban J connectivity index is 1.29. The standard InChI is InChI=1S/C43H33NO5S/c45-36-23-33(25-10-3-1-4-11-25)40(47)35-22-34-30(19-20-31-37(34)42(49)44(41(31)48)24-28-15-9-21-50-28)38(43(35,36)27-13-5-2-6-14-27)32-18-17-26-12-7-8-16-29(26)39(32)46/h1-19,21,23,31,34-35,37-38,46H,20,22,24H2. The van der Waals surface area contributed by atoms with E-state index in [0.717, 1.165) is 15.8 Å². The van der Waals surface area contributed by atoms with Gasteiger partial charge in [-0.1, -0.05) is 115 Å². The monoisotopic (exact) mass is 675 g/mol. The number of phenols is 1. The molecule has 9 rings (SSSR count). The van der Waals surface area contributed by atoms with Gasteiger partial charge in [0.25, 0.3) is 0 Å². The molecule has 2 heterocycles. The Morgan fingerprint density at radius 3 is 2.28 bits per heavy atom. The minimum absolute atomic E-state index is 0.0528. The molecule has 1 saturated heterocycles. The molecule has 0 radical (unpaired) electrons. The van der Waals surface area contributed by atoms with E-state index in [1.807, 2.05) is 121 Å². The van der Waals surface area contributed by atoms with Crippen LogP contribution in [0.1, 0.15) is 40.3 Å². The molecule has 6 nitrogen and oxygen atoms in total. The van der Waals surface area contributed by atoms with Crippen molar-refractivity contribution in [3.05, 3.63) is 154 Å². The molecule has 4 aromatic carbocycles. The Morgan fingerprint density at radius 1 is 0.780 bits per heavy atom. The zero-order valence-corrected chi connectivity index (χ0v) is 27.9. The van der Waals surface area contributed by atoms with Crippen molar-refractivity contribution in [2.45, 2.75) is 30.7 Å². The number of Topliss-reactive ketones (excluding diaryl/α,β-unsaturated/α-hetero) is 1. The third kappa shape index (κ3) is 4.32. The van der Waals surface area contributed by atoms with Gasteiger partial charge in [-0.15, -0.1) is 11.3 Å². The number of benzene rings is 4. The predicted molar refractivity (Wildman–Crippen MR) is 192 cm³/mol. The molecule has 1 saturated carbocycles. The van der Waals surface area contributed by atoms with Crippen molar-refractivity contribution in [1.29, 1.82) is 0 Å². The second-order valence-electron chi connectivity index (χ2n) is 13.9. The van der Waals surface area contributed by atoms with E-state index in [2.05, 4.69) is 0 Å². The van der Waals surface area contributed by atoms with Gasteiger partial charge < -0.3 is 5.11 Å². The fourth-order valence-electron chi connectivity index (χ4n) is 9.50. The topological polar surface area (TPSA) is 91.8 Å². The summed E-state index contributed by atoms with van der Waals surface area (Å²) in [6.07, 6.45) is 4.12. The maximum absolute atomic E-state index is 15.2. The first-order chi connectivity index (χ1) is 24.4. The minimum atomic E-state index is -1.39. The number of fused-ring (bicyclic) bond motifs is 5. The summed E-state index contributed by atoms with van der Waals surface area (Å²) in [7, 11) is 0. The van der Waals surface area contributed by atoms with Crippen molar-refractivity contribution in [2.75, 3.05) is 0 Å². The average Bonchev–Trinajstić information content (AvgIpc) is 3.76. The molecule has 6 unspecified atom stereocenters. The van der Waals surface area contributed by atoms with Gasteiger partial charge in [0, 0.05) is 33.2 Å². The fourth-order valence-corrected chi connectivity index (χ4v) is 10.2. The first-order valence-corrected chi connectivity index (χ1v) is 18.0. The van der Waals surface area contributed by atoms with E-state index in [1.165, 1.54) is 22.3 Å². The summed E-state index contributed by atoms with van der Waals surface area (Å²) in [5, 5.41) is 15.6. The van der Waals surface area contributed by atoms with Crippen molar-refractivity contribution in [3.8, 4) is 5.75 Å². The van der Waals surface area contributed by atoms with E-state index in [-0.39, 0.29) is 42.1 Å². The van der Waals surface area contributed by atoms with Gasteiger partial charge in [-0.3, -0.25) is 24.1 Å². The molecule has 2 amide bonds. The summed E-state index contributed by atoms with van der Waals surface area (Å²) in [5.41, 5.74) is 1.69. The predicted octanol–water partition coefficient (Wildman–Crippen LogP) is 7.63. The van der Waals surface area contributed by atoms with Gasteiger partial charge in [-0.05, 0) is 52.8 Å². The number of hydrogen-bond donors (Lipinski definition) is 1. The van der Waals surface area contributed by atoms with Crippen LogP contribution in [0.5, 0.6) is 5.75 Å². The van der Waals surface area contributed by atoms with Crippen LogP contribution in [-0.4, -0.2) is 33.4 Å². The highest BCUT2D eigenvalue weighted by Gasteiger charge is 2.66. The lowest BCUT2D eigenvalue weighted by Gasteiger charge is -2.55. The Labute approximate surface area is 293 Å². The second kappa shape index (κ2) is 11.6. The molecule has 6 atom stereocenters. The lowest BCUT2D eigenvalue weighted by molar-refractivity contribution is -0.141. The Morgan fingerprint density at radius 2 is 1.52 bits per heavy atom. The molecule has 2 fully saturated rings. The van der Waals surface area contributed by atoms with Crippen LogP contribution in [0.25, 0.3) is 16.3 Å². The number of aromatic hydroxyl groups is 1. The van der Waals surface area contributed by atoms with Crippen LogP contribution in [0.3, 0.4) is 0 Å². The van der Waals surface area contributed by atoms with E-state index < -0.39 is 35.0 Å². The van der Waals surface area contributed by atoms with Crippen LogP contribution >= 0.6 is 11.3 Å². The lowest BCUT2D eigenvalue weighted by atomic mass is 9.44. The van der Waals surface area contributed by atoms with Crippen molar-refractivity contribution >= 4 is 51.1 Å². The number of imide groups is 1. The number of thiophene rings is 1. The highest BCUT2D eigenvalue weighted by Crippen LogP contribution is 2.64. The first kappa shape index (κ1) is 30.6. The first-order valence-electron chi connectivity index (χ1n) is 17.1. The zero-order chi connectivity index (χ0) is 34.1. The Kier molecular flexibility index (Phi) is 7.11. The van der Waals surface area contributed by atoms with Crippen molar-refractivity contribution in [2.24, 2.45) is 23.7 Å². The number of phenolic OH excluding ortho intramolecular Hbond substituents is 1. The molecule has 1 aliphatic heterocycles. The molecule has 50 heavy (non-hydrogen) atoms. The maximum atomic E-state index is 15.2. The van der Waals surface area contributed by atoms with Gasteiger partial charge in [0.05, 0.1) is 23.8 Å². The van der Waals surface area contributed by atoms with Gasteiger partial charge in [-0.2, -0.15) is 0 Å². The quantitative estimate of drug-likeness (QED) is 0.153. The number of rotatable bonds is 5. The average molecular weight is 676 g/mol. The van der Waals surface area contributed by atoms with E-state index in [1.54, 1.807) is 0 Å². The minimum Gasteiger partial charge on any atom is -0.507 e. The third-order valence-electron chi connectivity index (χ3n) is 11.6. The maximum Gasteiger partial charge on any atom is 0.234 e. The smallest absolute Gasteiger partial charge is 0.234 e. The summed E-state index contributed by atoms with van der Waals surface area (Å²) in [6, 6.07) is 33.9. The molecule has 1 aromatic heterocycles. The SMILES string of the molecule is O=C1C(c2ccccc2)=CC(=O)C2(c3ccccc3)C1CC1C(=CCC3C(=O)N(Cc4cccs4)C(=O)C31)C2c1ccc2ccccc2c1O. The number of ketones is 2. The largest absolute Gasteiger partial charge is 0.507 e. The van der Waals surface area contributed by atoms with Crippen LogP contribution < -0.4 is 0 Å². The molecule has 0 bridgehead atoms. The van der Waals surface area contributed by atoms with Gasteiger partial charge in [-0.25, -0.2) is 0 Å². The van der Waals surface area contributed by atoms with E-state index in [0.29, 0.717) is 34.1 Å². The summed E-state index contributed by atoms with van der Waals surface area (Å²) in [6.45, 7) is 0.217. The summed E-state index contributed by atoms with van der Waals surface area (Å²) < 4.78 is 0. The van der Waals surface area contributed by atoms with Gasteiger partial charge >= 0.3 is 0 Å². The normalized spacial score (nSPS) is 27.4.